The van der Waals surface area contributed by atoms with Crippen molar-refractivity contribution in [1.82, 2.24) is 10.2 Å². The normalized spacial score (nSPS) is 15.4. The number of carbonyl (C=O) groups excluding carboxylic acids is 1. The van der Waals surface area contributed by atoms with Crippen LogP contribution in [0.25, 0.3) is 0 Å². The Labute approximate surface area is 125 Å². The highest BCUT2D eigenvalue weighted by atomic mass is 32.2. The van der Waals surface area contributed by atoms with Crippen molar-refractivity contribution in [2.24, 2.45) is 0 Å². The molecule has 1 aromatic carbocycles. The number of hydrogen-bond acceptors (Lipinski definition) is 4. The van der Waals surface area contributed by atoms with Gasteiger partial charge >= 0.3 is 6.03 Å². The van der Waals surface area contributed by atoms with E-state index in [2.05, 4.69) is 5.32 Å². The fraction of sp³-hybridized carbons (Fsp3) is 0.500. The zero-order valence-corrected chi connectivity index (χ0v) is 13.0. The van der Waals surface area contributed by atoms with Crippen LogP contribution >= 0.6 is 0 Å². The summed E-state index contributed by atoms with van der Waals surface area (Å²) in [6, 6.07) is 6.12. The maximum Gasteiger partial charge on any atom is 0.317 e. The highest BCUT2D eigenvalue weighted by Crippen LogP contribution is 2.25. The number of nitrogens with one attached hydrogen (secondary N) is 1. The highest BCUT2D eigenvalue weighted by Gasteiger charge is 2.40. The van der Waals surface area contributed by atoms with Crippen molar-refractivity contribution < 1.29 is 17.9 Å². The second-order valence-corrected chi connectivity index (χ2v) is 7.21. The number of nitrogens with zero attached hydrogens (tertiary/aromatic N) is 1. The molecule has 1 N–H and O–H groups in total. The Bertz CT molecular complexity index is 592. The predicted octanol–water partition coefficient (Wildman–Crippen LogP) is 1.27. The third-order valence-electron chi connectivity index (χ3n) is 3.49. The van der Waals surface area contributed by atoms with Crippen LogP contribution in [0.1, 0.15) is 13.3 Å². The molecule has 0 bridgehead atoms. The molecular formula is C14H20N2O4S. The van der Waals surface area contributed by atoms with Gasteiger partial charge in [0, 0.05) is 19.6 Å². The molecule has 2 rings (SSSR count). The van der Waals surface area contributed by atoms with Crippen LogP contribution in [0.4, 0.5) is 4.79 Å². The molecule has 1 saturated heterocycles. The third kappa shape index (κ3) is 3.29. The maximum atomic E-state index is 12.4. The summed E-state index contributed by atoms with van der Waals surface area (Å²) in [5, 5.41) is 2.21. The van der Waals surface area contributed by atoms with Crippen molar-refractivity contribution in [3.8, 4) is 5.75 Å². The first-order chi connectivity index (χ1) is 9.98. The lowest BCUT2D eigenvalue weighted by Crippen LogP contribution is -2.59. The molecule has 1 heterocycles. The summed E-state index contributed by atoms with van der Waals surface area (Å²) in [6.45, 7) is 3.05. The molecule has 21 heavy (non-hydrogen) atoms. The van der Waals surface area contributed by atoms with Crippen LogP contribution in [-0.2, 0) is 9.84 Å². The monoisotopic (exact) mass is 312 g/mol. The quantitative estimate of drug-likeness (QED) is 0.888. The molecule has 0 aliphatic carbocycles. The van der Waals surface area contributed by atoms with Gasteiger partial charge in [0.05, 0.1) is 12.0 Å². The summed E-state index contributed by atoms with van der Waals surface area (Å²) in [5.74, 6) is 0.614. The fourth-order valence-electron chi connectivity index (χ4n) is 2.10. The minimum atomic E-state index is -3.39. The third-order valence-corrected chi connectivity index (χ3v) is 5.59. The van der Waals surface area contributed by atoms with Gasteiger partial charge in [0.25, 0.3) is 0 Å². The van der Waals surface area contributed by atoms with Crippen molar-refractivity contribution >= 4 is 15.9 Å². The van der Waals surface area contributed by atoms with Gasteiger partial charge in [-0.1, -0.05) is 6.92 Å². The van der Waals surface area contributed by atoms with Gasteiger partial charge in [-0.05, 0) is 30.7 Å². The number of hydrogen-bond donors (Lipinski definition) is 1. The van der Waals surface area contributed by atoms with E-state index in [0.717, 1.165) is 6.42 Å². The van der Waals surface area contributed by atoms with Crippen molar-refractivity contribution in [2.75, 3.05) is 26.7 Å². The van der Waals surface area contributed by atoms with Gasteiger partial charge in [0.1, 0.15) is 11.0 Å². The molecule has 0 aromatic heterocycles. The Morgan fingerprint density at radius 3 is 2.48 bits per heavy atom. The standard InChI is InChI=1S/C14H20N2O4S/c1-3-8-15-14(17)16-9-13(10-16)21(18,19)12-6-4-11(20-2)5-7-12/h4-7,13H,3,8-10H2,1-2H3,(H,15,17). The smallest absolute Gasteiger partial charge is 0.317 e. The SMILES string of the molecule is CCCNC(=O)N1CC(S(=O)(=O)c2ccc(OC)cc2)C1. The van der Waals surface area contributed by atoms with E-state index >= 15 is 0 Å². The molecule has 0 atom stereocenters. The van der Waals surface area contributed by atoms with Gasteiger partial charge in [-0.15, -0.1) is 0 Å². The number of amides is 2. The first-order valence-electron chi connectivity index (χ1n) is 6.89. The van der Waals surface area contributed by atoms with Crippen molar-refractivity contribution in [3.05, 3.63) is 24.3 Å². The van der Waals surface area contributed by atoms with Crippen LogP contribution in [0.2, 0.25) is 0 Å². The molecule has 7 heteroatoms. The van der Waals surface area contributed by atoms with Crippen LogP contribution in [0.15, 0.2) is 29.2 Å². The number of urea groups is 1. The lowest BCUT2D eigenvalue weighted by molar-refractivity contribution is 0.169. The van der Waals surface area contributed by atoms with Crippen LogP contribution in [0.5, 0.6) is 5.75 Å². The van der Waals surface area contributed by atoms with Crippen LogP contribution in [-0.4, -0.2) is 51.3 Å². The molecule has 1 fully saturated rings. The Kier molecular flexibility index (Phi) is 4.72. The maximum absolute atomic E-state index is 12.4. The number of ether oxygens (including phenoxy) is 1. The molecule has 1 aliphatic heterocycles. The van der Waals surface area contributed by atoms with Gasteiger partial charge in [0.2, 0.25) is 0 Å². The molecule has 6 nitrogen and oxygen atoms in total. The van der Waals surface area contributed by atoms with E-state index in [4.69, 9.17) is 4.74 Å². The predicted molar refractivity (Wildman–Crippen MR) is 79.2 cm³/mol. The Morgan fingerprint density at radius 2 is 1.95 bits per heavy atom. The van der Waals surface area contributed by atoms with E-state index in [1.807, 2.05) is 6.92 Å². The fourth-order valence-corrected chi connectivity index (χ4v) is 3.75. The number of benzene rings is 1. The van der Waals surface area contributed by atoms with Crippen LogP contribution < -0.4 is 10.1 Å². The van der Waals surface area contributed by atoms with E-state index in [1.165, 1.54) is 24.1 Å². The van der Waals surface area contributed by atoms with Crippen LogP contribution in [0.3, 0.4) is 0 Å². The molecule has 2 amide bonds. The summed E-state index contributed by atoms with van der Waals surface area (Å²) < 4.78 is 29.8. The number of methoxy groups -OCH3 is 1. The average Bonchev–Trinajstić information content (AvgIpc) is 2.43. The molecule has 0 unspecified atom stereocenters. The largest absolute Gasteiger partial charge is 0.497 e. The van der Waals surface area contributed by atoms with Gasteiger partial charge < -0.3 is 15.0 Å². The van der Waals surface area contributed by atoms with E-state index in [0.29, 0.717) is 12.3 Å². The van der Waals surface area contributed by atoms with Gasteiger partial charge in [0.15, 0.2) is 9.84 Å². The van der Waals surface area contributed by atoms with Gasteiger partial charge in [-0.3, -0.25) is 0 Å². The summed E-state index contributed by atoms with van der Waals surface area (Å²) >= 11 is 0. The summed E-state index contributed by atoms with van der Waals surface area (Å²) in [7, 11) is -1.86. The Balaban J connectivity index is 1.98. The van der Waals surface area contributed by atoms with E-state index in [9.17, 15) is 13.2 Å². The molecule has 1 aromatic rings. The zero-order valence-electron chi connectivity index (χ0n) is 12.2. The second-order valence-electron chi connectivity index (χ2n) is 4.98. The molecular weight excluding hydrogens is 292 g/mol. The first kappa shape index (κ1) is 15.6. The van der Waals surface area contributed by atoms with Crippen molar-refractivity contribution in [1.29, 1.82) is 0 Å². The van der Waals surface area contributed by atoms with E-state index in [1.54, 1.807) is 12.1 Å². The lowest BCUT2D eigenvalue weighted by Gasteiger charge is -2.38. The first-order valence-corrected chi connectivity index (χ1v) is 8.44. The molecule has 1 aliphatic rings. The topological polar surface area (TPSA) is 75.7 Å². The lowest BCUT2D eigenvalue weighted by atomic mass is 10.2. The van der Waals surface area contributed by atoms with Crippen molar-refractivity contribution in [2.45, 2.75) is 23.5 Å². The summed E-state index contributed by atoms with van der Waals surface area (Å²) in [4.78, 5) is 13.5. The number of carbonyl (C=O) groups is 1. The Hall–Kier alpha value is -1.76. The molecule has 0 saturated carbocycles. The molecule has 0 spiro atoms. The number of rotatable bonds is 5. The van der Waals surface area contributed by atoms with Gasteiger partial charge in [-0.25, -0.2) is 13.2 Å². The molecule has 0 radical (unpaired) electrons. The summed E-state index contributed by atoms with van der Waals surface area (Å²) in [6.07, 6.45) is 0.854. The minimum Gasteiger partial charge on any atom is -0.497 e. The second kappa shape index (κ2) is 6.34. The van der Waals surface area contributed by atoms with Crippen molar-refractivity contribution in [3.63, 3.8) is 0 Å². The van der Waals surface area contributed by atoms with Gasteiger partial charge in [-0.2, -0.15) is 0 Å². The number of likely N-dealkylation sites (tertiary alicyclic amines) is 1. The average molecular weight is 312 g/mol. The zero-order chi connectivity index (χ0) is 15.5. The summed E-state index contributed by atoms with van der Waals surface area (Å²) in [5.41, 5.74) is 0. The number of sulfone groups is 1. The minimum absolute atomic E-state index is 0.196. The van der Waals surface area contributed by atoms with E-state index < -0.39 is 15.1 Å². The highest BCUT2D eigenvalue weighted by molar-refractivity contribution is 7.92. The van der Waals surface area contributed by atoms with E-state index in [-0.39, 0.29) is 24.0 Å². The van der Waals surface area contributed by atoms with Crippen LogP contribution in [0, 0.1) is 0 Å². The molecule has 116 valence electrons. The Morgan fingerprint density at radius 1 is 1.33 bits per heavy atom.